The minimum Gasteiger partial charge on any atom is -0.497 e. The van der Waals surface area contributed by atoms with Crippen LogP contribution in [0.5, 0.6) is 5.75 Å². The minimum absolute atomic E-state index is 0.203. The smallest absolute Gasteiger partial charge is 0.325 e. The Morgan fingerprint density at radius 1 is 1.19 bits per heavy atom. The number of benzene rings is 2. The van der Waals surface area contributed by atoms with Gasteiger partial charge in [-0.25, -0.2) is 4.79 Å². The van der Waals surface area contributed by atoms with Gasteiger partial charge in [0.25, 0.3) is 0 Å². The number of anilines is 1. The first kappa shape index (κ1) is 19.2. The highest BCUT2D eigenvalue weighted by atomic mass is 79.9. The molecule has 142 valence electrons. The number of hydrogen-bond acceptors (Lipinski definition) is 3. The first-order valence-corrected chi connectivity index (χ1v) is 9.42. The predicted molar refractivity (Wildman–Crippen MR) is 108 cm³/mol. The summed E-state index contributed by atoms with van der Waals surface area (Å²) in [5.41, 5.74) is 0.354. The van der Waals surface area contributed by atoms with E-state index in [4.69, 9.17) is 4.74 Å². The van der Waals surface area contributed by atoms with Crippen molar-refractivity contribution in [1.29, 1.82) is 0 Å². The number of hydrogen-bond donors (Lipinski definition) is 1. The number of amides is 3. The van der Waals surface area contributed by atoms with E-state index in [0.29, 0.717) is 24.4 Å². The maximum atomic E-state index is 13.2. The molecule has 1 aliphatic heterocycles. The zero-order chi connectivity index (χ0) is 19.6. The third-order valence-electron chi connectivity index (χ3n) is 4.99. The fourth-order valence-corrected chi connectivity index (χ4v) is 3.66. The van der Waals surface area contributed by atoms with E-state index in [9.17, 15) is 9.59 Å². The number of halogens is 1. The monoisotopic (exact) mass is 431 g/mol. The van der Waals surface area contributed by atoms with E-state index in [1.165, 1.54) is 0 Å². The summed E-state index contributed by atoms with van der Waals surface area (Å²) >= 11 is 3.41. The van der Waals surface area contributed by atoms with Gasteiger partial charge >= 0.3 is 6.03 Å². The molecule has 2 aromatic carbocycles. The van der Waals surface area contributed by atoms with Gasteiger partial charge in [0.1, 0.15) is 11.3 Å². The van der Waals surface area contributed by atoms with Gasteiger partial charge in [-0.3, -0.25) is 9.69 Å². The van der Waals surface area contributed by atoms with Crippen molar-refractivity contribution in [2.45, 2.75) is 12.5 Å². The highest BCUT2D eigenvalue weighted by Crippen LogP contribution is 2.35. The van der Waals surface area contributed by atoms with Crippen LogP contribution in [-0.2, 0) is 10.3 Å². The van der Waals surface area contributed by atoms with Gasteiger partial charge < -0.3 is 15.0 Å². The van der Waals surface area contributed by atoms with Crippen molar-refractivity contribution in [2.24, 2.45) is 0 Å². The van der Waals surface area contributed by atoms with Crippen molar-refractivity contribution in [3.63, 3.8) is 0 Å². The van der Waals surface area contributed by atoms with Crippen LogP contribution >= 0.6 is 15.9 Å². The maximum absolute atomic E-state index is 13.2. The number of nitrogens with one attached hydrogen (secondary N) is 1. The summed E-state index contributed by atoms with van der Waals surface area (Å²) in [6, 6.07) is 14.6. The fraction of sp³-hybridized carbons (Fsp3) is 0.300. The lowest BCUT2D eigenvalue weighted by molar-refractivity contribution is -0.130. The molecular formula is C20H22BrN3O3. The first-order valence-electron chi connectivity index (χ1n) is 8.63. The summed E-state index contributed by atoms with van der Waals surface area (Å²) < 4.78 is 6.25. The Morgan fingerprint density at radius 3 is 2.52 bits per heavy atom. The van der Waals surface area contributed by atoms with Crippen molar-refractivity contribution in [1.82, 2.24) is 10.2 Å². The molecule has 1 saturated heterocycles. The molecule has 0 aliphatic carbocycles. The average molecular weight is 432 g/mol. The number of carbonyl (C=O) groups excluding carboxylic acids is 2. The topological polar surface area (TPSA) is 61.9 Å². The summed E-state index contributed by atoms with van der Waals surface area (Å²) in [6.07, 6.45) is 0. The number of urea groups is 1. The van der Waals surface area contributed by atoms with Crippen LogP contribution in [0.2, 0.25) is 0 Å². The molecule has 1 unspecified atom stereocenters. The number of rotatable bonds is 5. The zero-order valence-corrected chi connectivity index (χ0v) is 17.1. The number of methoxy groups -OCH3 is 1. The van der Waals surface area contributed by atoms with E-state index >= 15 is 0 Å². The highest BCUT2D eigenvalue weighted by Gasteiger charge is 2.47. The highest BCUT2D eigenvalue weighted by molar-refractivity contribution is 9.10. The Kier molecular flexibility index (Phi) is 5.41. The molecule has 1 fully saturated rings. The van der Waals surface area contributed by atoms with Crippen molar-refractivity contribution in [3.8, 4) is 5.75 Å². The molecule has 0 aromatic heterocycles. The second-order valence-corrected chi connectivity index (χ2v) is 7.36. The summed E-state index contributed by atoms with van der Waals surface area (Å²) in [5, 5.41) is 2.70. The van der Waals surface area contributed by atoms with Gasteiger partial charge in [0, 0.05) is 30.3 Å². The maximum Gasteiger partial charge on any atom is 0.325 e. The molecule has 1 aliphatic rings. The van der Waals surface area contributed by atoms with Gasteiger partial charge in [0.2, 0.25) is 5.91 Å². The van der Waals surface area contributed by atoms with Crippen molar-refractivity contribution >= 4 is 33.6 Å². The Morgan fingerprint density at radius 2 is 1.89 bits per heavy atom. The molecule has 6 nitrogen and oxygen atoms in total. The van der Waals surface area contributed by atoms with Crippen LogP contribution in [0.25, 0.3) is 0 Å². The molecule has 2 aromatic rings. The Bertz CT molecular complexity index is 856. The van der Waals surface area contributed by atoms with Crippen molar-refractivity contribution < 1.29 is 14.3 Å². The van der Waals surface area contributed by atoms with Gasteiger partial charge in [0.15, 0.2) is 0 Å². The molecule has 1 atom stereocenters. The molecule has 0 bridgehead atoms. The lowest BCUT2D eigenvalue weighted by Gasteiger charge is -2.37. The summed E-state index contributed by atoms with van der Waals surface area (Å²) in [5.74, 6) is 0.390. The minimum atomic E-state index is -1.15. The Balaban J connectivity index is 1.99. The van der Waals surface area contributed by atoms with Gasteiger partial charge in [-0.15, -0.1) is 0 Å². The van der Waals surface area contributed by atoms with Crippen LogP contribution in [0, 0.1) is 0 Å². The largest absolute Gasteiger partial charge is 0.497 e. The van der Waals surface area contributed by atoms with Crippen LogP contribution in [0.4, 0.5) is 10.5 Å². The molecule has 27 heavy (non-hydrogen) atoms. The molecule has 0 saturated carbocycles. The van der Waals surface area contributed by atoms with E-state index in [0.717, 1.165) is 10.2 Å². The molecule has 0 spiro atoms. The number of nitrogens with zero attached hydrogens (tertiary/aromatic N) is 2. The predicted octanol–water partition coefficient (Wildman–Crippen LogP) is 3.36. The van der Waals surface area contributed by atoms with Crippen LogP contribution in [0.3, 0.4) is 0 Å². The van der Waals surface area contributed by atoms with E-state index in [-0.39, 0.29) is 11.9 Å². The van der Waals surface area contributed by atoms with Gasteiger partial charge in [-0.05, 0) is 48.9 Å². The second kappa shape index (κ2) is 7.60. The molecular weight excluding hydrogens is 410 g/mol. The third-order valence-corrected chi connectivity index (χ3v) is 5.52. The van der Waals surface area contributed by atoms with Gasteiger partial charge in [-0.1, -0.05) is 28.1 Å². The van der Waals surface area contributed by atoms with Crippen LogP contribution in [0.15, 0.2) is 53.0 Å². The molecule has 1 heterocycles. The quantitative estimate of drug-likeness (QED) is 0.789. The van der Waals surface area contributed by atoms with Crippen LogP contribution in [0.1, 0.15) is 12.5 Å². The fourth-order valence-electron chi connectivity index (χ4n) is 3.39. The molecule has 7 heteroatoms. The number of ether oxygens (including phenoxy) is 1. The second-order valence-electron chi connectivity index (χ2n) is 6.45. The third kappa shape index (κ3) is 3.39. The zero-order valence-electron chi connectivity index (χ0n) is 15.5. The van der Waals surface area contributed by atoms with Crippen LogP contribution in [-0.4, -0.2) is 44.1 Å². The average Bonchev–Trinajstić information content (AvgIpc) is 3.09. The standard InChI is InChI=1S/C20H22BrN3O3/c1-20(18(25)22-2,14-5-4-6-17(13-14)27-3)24-12-11-23(19(24)26)16-9-7-15(21)8-10-16/h4-10,13H,11-12H2,1-3H3,(H,22,25). The summed E-state index contributed by atoms with van der Waals surface area (Å²) in [6.45, 7) is 2.72. The SMILES string of the molecule is CNC(=O)C(C)(c1cccc(OC)c1)N1CCN(c2ccc(Br)cc2)C1=O. The molecule has 1 N–H and O–H groups in total. The molecule has 3 amide bonds. The summed E-state index contributed by atoms with van der Waals surface area (Å²) in [7, 11) is 3.15. The van der Waals surface area contributed by atoms with Crippen molar-refractivity contribution in [2.75, 3.05) is 32.1 Å². The normalized spacial score (nSPS) is 16.2. The van der Waals surface area contributed by atoms with E-state index in [2.05, 4.69) is 21.2 Å². The van der Waals surface area contributed by atoms with E-state index in [1.807, 2.05) is 42.5 Å². The lowest BCUT2D eigenvalue weighted by Crippen LogP contribution is -2.55. The molecule has 0 radical (unpaired) electrons. The summed E-state index contributed by atoms with van der Waals surface area (Å²) in [4.78, 5) is 29.4. The first-order chi connectivity index (χ1) is 12.9. The van der Waals surface area contributed by atoms with E-state index < -0.39 is 5.54 Å². The Labute approximate surface area is 167 Å². The number of carbonyl (C=O) groups is 2. The Hall–Kier alpha value is -2.54. The van der Waals surface area contributed by atoms with E-state index in [1.54, 1.807) is 36.9 Å². The van der Waals surface area contributed by atoms with Crippen molar-refractivity contribution in [3.05, 3.63) is 58.6 Å². The molecule has 3 rings (SSSR count). The van der Waals surface area contributed by atoms with Crippen LogP contribution < -0.4 is 15.0 Å². The van der Waals surface area contributed by atoms with Gasteiger partial charge in [-0.2, -0.15) is 0 Å². The van der Waals surface area contributed by atoms with Gasteiger partial charge in [0.05, 0.1) is 7.11 Å². The number of likely N-dealkylation sites (N-methyl/N-ethyl adjacent to an activating group) is 1. The lowest BCUT2D eigenvalue weighted by atomic mass is 9.89.